The lowest BCUT2D eigenvalue weighted by Gasteiger charge is -2.29. The van der Waals surface area contributed by atoms with Gasteiger partial charge >= 0.3 is 0 Å². The predicted octanol–water partition coefficient (Wildman–Crippen LogP) is 2.62. The van der Waals surface area contributed by atoms with E-state index in [1.807, 2.05) is 30.3 Å². The SMILES string of the molecule is CC(C)C(=O)[C@H](CN)NC(=O)[C@@H](CC(=O)[C@@H]1CCC[C@H](C(=O)CCc2ccccc2)C1)[C@H](C)O. The maximum atomic E-state index is 13.1. The van der Waals surface area contributed by atoms with E-state index in [2.05, 4.69) is 5.32 Å². The topological polar surface area (TPSA) is 127 Å². The number of aryl methyl sites for hydroxylation is 1. The van der Waals surface area contributed by atoms with Gasteiger partial charge in [-0.3, -0.25) is 19.2 Å². The van der Waals surface area contributed by atoms with Gasteiger partial charge in [-0.05, 0) is 38.2 Å². The van der Waals surface area contributed by atoms with Gasteiger partial charge in [-0.1, -0.05) is 50.6 Å². The molecule has 0 bridgehead atoms. The standard InChI is InChI=1S/C27H40N2O5/c1-17(2)26(33)23(16-28)29-27(34)22(18(3)30)15-25(32)21-11-7-10-20(14-21)24(31)13-12-19-8-5-4-6-9-19/h4-6,8-9,17-18,20-23,30H,7,10-16,28H2,1-3H3,(H,29,34)/t18-,20-,21+,22-,23-/m0/s1. The third kappa shape index (κ3) is 8.13. The predicted molar refractivity (Wildman–Crippen MR) is 131 cm³/mol. The first kappa shape index (κ1) is 27.9. The lowest BCUT2D eigenvalue weighted by atomic mass is 9.75. The van der Waals surface area contributed by atoms with Crippen molar-refractivity contribution in [2.45, 2.75) is 77.9 Å². The molecule has 0 spiro atoms. The monoisotopic (exact) mass is 472 g/mol. The first-order chi connectivity index (χ1) is 16.1. The number of hydrogen-bond acceptors (Lipinski definition) is 6. The Hall–Kier alpha value is -2.38. The van der Waals surface area contributed by atoms with Crippen molar-refractivity contribution in [2.75, 3.05) is 6.54 Å². The lowest BCUT2D eigenvalue weighted by molar-refractivity contribution is -0.137. The van der Waals surface area contributed by atoms with Crippen LogP contribution in [0.5, 0.6) is 0 Å². The summed E-state index contributed by atoms with van der Waals surface area (Å²) in [7, 11) is 0. The van der Waals surface area contributed by atoms with Gasteiger partial charge < -0.3 is 16.2 Å². The number of amides is 1. The first-order valence-corrected chi connectivity index (χ1v) is 12.5. The second-order valence-corrected chi connectivity index (χ2v) is 9.88. The van der Waals surface area contributed by atoms with E-state index in [4.69, 9.17) is 5.73 Å². The van der Waals surface area contributed by atoms with Gasteiger partial charge in [-0.2, -0.15) is 0 Å². The molecule has 0 heterocycles. The molecule has 1 aromatic rings. The third-order valence-corrected chi connectivity index (χ3v) is 6.89. The molecule has 7 nitrogen and oxygen atoms in total. The minimum Gasteiger partial charge on any atom is -0.393 e. The second-order valence-electron chi connectivity index (χ2n) is 9.88. The van der Waals surface area contributed by atoms with Crippen molar-refractivity contribution in [2.24, 2.45) is 29.4 Å². The van der Waals surface area contributed by atoms with E-state index in [-0.39, 0.29) is 48.1 Å². The minimum absolute atomic E-state index is 0.0430. The number of nitrogens with two attached hydrogens (primary N) is 1. The number of aliphatic hydroxyl groups excluding tert-OH is 1. The number of aliphatic hydroxyl groups is 1. The molecule has 1 aliphatic rings. The van der Waals surface area contributed by atoms with E-state index in [1.54, 1.807) is 13.8 Å². The third-order valence-electron chi connectivity index (χ3n) is 6.89. The highest BCUT2D eigenvalue weighted by molar-refractivity contribution is 5.93. The molecule has 0 saturated heterocycles. The Morgan fingerprint density at radius 1 is 1.03 bits per heavy atom. The van der Waals surface area contributed by atoms with Crippen molar-refractivity contribution in [1.29, 1.82) is 0 Å². The van der Waals surface area contributed by atoms with Gasteiger partial charge in [0.1, 0.15) is 11.6 Å². The molecular formula is C27H40N2O5. The van der Waals surface area contributed by atoms with Crippen molar-refractivity contribution in [3.8, 4) is 0 Å². The molecule has 188 valence electrons. The fourth-order valence-corrected chi connectivity index (χ4v) is 4.68. The highest BCUT2D eigenvalue weighted by Crippen LogP contribution is 2.33. The molecule has 5 atom stereocenters. The molecule has 1 saturated carbocycles. The van der Waals surface area contributed by atoms with Gasteiger partial charge in [0.25, 0.3) is 0 Å². The van der Waals surface area contributed by atoms with Crippen LogP contribution in [0.2, 0.25) is 0 Å². The van der Waals surface area contributed by atoms with Crippen molar-refractivity contribution >= 4 is 23.3 Å². The van der Waals surface area contributed by atoms with Crippen LogP contribution in [-0.2, 0) is 25.6 Å². The van der Waals surface area contributed by atoms with E-state index in [0.29, 0.717) is 25.7 Å². The Kier molecular flexibility index (Phi) is 11.1. The Balaban J connectivity index is 1.95. The highest BCUT2D eigenvalue weighted by Gasteiger charge is 2.35. The largest absolute Gasteiger partial charge is 0.393 e. The minimum atomic E-state index is -1.05. The summed E-state index contributed by atoms with van der Waals surface area (Å²) in [6, 6.07) is 9.03. The Bertz CT molecular complexity index is 837. The van der Waals surface area contributed by atoms with Crippen LogP contribution in [0, 0.1) is 23.7 Å². The molecule has 1 aliphatic carbocycles. The molecule has 1 amide bonds. The van der Waals surface area contributed by atoms with Crippen LogP contribution in [-0.4, -0.2) is 47.1 Å². The fourth-order valence-electron chi connectivity index (χ4n) is 4.68. The van der Waals surface area contributed by atoms with Crippen LogP contribution in [0.15, 0.2) is 30.3 Å². The maximum Gasteiger partial charge on any atom is 0.226 e. The van der Waals surface area contributed by atoms with E-state index in [1.165, 1.54) is 6.92 Å². The summed E-state index contributed by atoms with van der Waals surface area (Å²) >= 11 is 0. The number of hydrogen-bond donors (Lipinski definition) is 3. The van der Waals surface area contributed by atoms with Crippen molar-refractivity contribution in [3.63, 3.8) is 0 Å². The molecular weight excluding hydrogens is 432 g/mol. The number of Topliss-reactive ketones (excluding diaryl/α,β-unsaturated/α-hetero) is 3. The molecule has 7 heteroatoms. The van der Waals surface area contributed by atoms with Gasteiger partial charge in [-0.15, -0.1) is 0 Å². The van der Waals surface area contributed by atoms with Gasteiger partial charge in [-0.25, -0.2) is 0 Å². The zero-order valence-corrected chi connectivity index (χ0v) is 20.7. The van der Waals surface area contributed by atoms with Gasteiger partial charge in [0, 0.05) is 37.1 Å². The van der Waals surface area contributed by atoms with Crippen molar-refractivity contribution < 1.29 is 24.3 Å². The van der Waals surface area contributed by atoms with E-state index >= 15 is 0 Å². The van der Waals surface area contributed by atoms with Crippen LogP contribution in [0.25, 0.3) is 0 Å². The molecule has 4 N–H and O–H groups in total. The van der Waals surface area contributed by atoms with Gasteiger partial charge in [0.05, 0.1) is 18.1 Å². The van der Waals surface area contributed by atoms with E-state index in [9.17, 15) is 24.3 Å². The zero-order valence-electron chi connectivity index (χ0n) is 20.7. The molecule has 0 aliphatic heterocycles. The number of ketones is 3. The first-order valence-electron chi connectivity index (χ1n) is 12.5. The van der Waals surface area contributed by atoms with Crippen LogP contribution >= 0.6 is 0 Å². The second kappa shape index (κ2) is 13.5. The Labute approximate surface area is 202 Å². The van der Waals surface area contributed by atoms with Gasteiger partial charge in [0.2, 0.25) is 5.91 Å². The van der Waals surface area contributed by atoms with Crippen molar-refractivity contribution in [3.05, 3.63) is 35.9 Å². The molecule has 34 heavy (non-hydrogen) atoms. The number of carbonyl (C=O) groups is 4. The van der Waals surface area contributed by atoms with E-state index in [0.717, 1.165) is 18.4 Å². The van der Waals surface area contributed by atoms with Gasteiger partial charge in [0.15, 0.2) is 5.78 Å². The summed E-state index contributed by atoms with van der Waals surface area (Å²) in [5, 5.41) is 12.8. The number of benzene rings is 1. The molecule has 0 unspecified atom stereocenters. The van der Waals surface area contributed by atoms with Crippen molar-refractivity contribution in [1.82, 2.24) is 5.32 Å². The van der Waals surface area contributed by atoms with Crippen LogP contribution in [0.4, 0.5) is 0 Å². The quantitative estimate of drug-likeness (QED) is 0.405. The smallest absolute Gasteiger partial charge is 0.226 e. The zero-order chi connectivity index (χ0) is 25.3. The average molecular weight is 473 g/mol. The molecule has 1 fully saturated rings. The maximum absolute atomic E-state index is 13.1. The molecule has 2 rings (SSSR count). The number of carbonyl (C=O) groups excluding carboxylic acids is 4. The summed E-state index contributed by atoms with van der Waals surface area (Å²) < 4.78 is 0. The normalized spacial score (nSPS) is 20.9. The molecule has 0 aromatic heterocycles. The Morgan fingerprint density at radius 3 is 2.21 bits per heavy atom. The molecule has 1 aromatic carbocycles. The summed E-state index contributed by atoms with van der Waals surface area (Å²) in [6.07, 6.45) is 2.74. The van der Waals surface area contributed by atoms with Crippen LogP contribution in [0.3, 0.4) is 0 Å². The number of rotatable bonds is 13. The summed E-state index contributed by atoms with van der Waals surface area (Å²) in [6.45, 7) is 4.88. The highest BCUT2D eigenvalue weighted by atomic mass is 16.3. The summed E-state index contributed by atoms with van der Waals surface area (Å²) in [5.41, 5.74) is 6.78. The number of nitrogens with one attached hydrogen (secondary N) is 1. The average Bonchev–Trinajstić information content (AvgIpc) is 2.83. The van der Waals surface area contributed by atoms with E-state index < -0.39 is 24.0 Å². The fraction of sp³-hybridized carbons (Fsp3) is 0.630. The van der Waals surface area contributed by atoms with Crippen LogP contribution in [0.1, 0.15) is 64.9 Å². The lowest BCUT2D eigenvalue weighted by Crippen LogP contribution is -2.51. The van der Waals surface area contributed by atoms with Crippen LogP contribution < -0.4 is 11.1 Å². The summed E-state index contributed by atoms with van der Waals surface area (Å²) in [4.78, 5) is 50.9. The summed E-state index contributed by atoms with van der Waals surface area (Å²) in [5.74, 6) is -2.35. The molecule has 0 radical (unpaired) electrons. The Morgan fingerprint density at radius 2 is 1.65 bits per heavy atom.